The smallest absolute Gasteiger partial charge is 0.254 e. The largest absolute Gasteiger partial charge is 0.487 e. The van der Waals surface area contributed by atoms with Gasteiger partial charge in [0.25, 0.3) is 5.91 Å². The number of unbranched alkanes of at least 4 members (excludes halogenated alkanes) is 2. The van der Waals surface area contributed by atoms with Gasteiger partial charge in [-0.25, -0.2) is 0 Å². The quantitative estimate of drug-likeness (QED) is 0.0443. The molecule has 0 bridgehead atoms. The fourth-order valence-corrected chi connectivity index (χ4v) is 10.5. The van der Waals surface area contributed by atoms with Crippen LogP contribution in [0.3, 0.4) is 0 Å². The molecule has 11 heteroatoms. The van der Waals surface area contributed by atoms with Gasteiger partial charge in [-0.2, -0.15) is 5.26 Å². The minimum Gasteiger partial charge on any atom is -0.487 e. The van der Waals surface area contributed by atoms with E-state index in [2.05, 4.69) is 54.0 Å². The second kappa shape index (κ2) is 21.3. The van der Waals surface area contributed by atoms with E-state index in [1.54, 1.807) is 30.3 Å². The third kappa shape index (κ3) is 9.64. The van der Waals surface area contributed by atoms with Crippen molar-refractivity contribution in [2.45, 2.75) is 89.7 Å². The molecule has 342 valence electrons. The molecule has 8 rings (SSSR count). The van der Waals surface area contributed by atoms with Gasteiger partial charge >= 0.3 is 0 Å². The summed E-state index contributed by atoms with van der Waals surface area (Å²) in [7, 11) is 0. The maximum atomic E-state index is 15.5. The molecule has 1 aliphatic heterocycles. The van der Waals surface area contributed by atoms with Crippen LogP contribution in [0.5, 0.6) is 11.5 Å². The summed E-state index contributed by atoms with van der Waals surface area (Å²) in [4.78, 5) is 28.1. The number of ether oxygens (including phenoxy) is 3. The minimum absolute atomic E-state index is 0.0416. The van der Waals surface area contributed by atoms with Crippen LogP contribution in [0.4, 0.5) is 0 Å². The van der Waals surface area contributed by atoms with Crippen LogP contribution in [0.2, 0.25) is 0 Å². The second-order valence-electron chi connectivity index (χ2n) is 17.5. The van der Waals surface area contributed by atoms with Crippen molar-refractivity contribution in [3.05, 3.63) is 161 Å². The van der Waals surface area contributed by atoms with Crippen molar-refractivity contribution < 1.29 is 34.1 Å². The Hall–Kier alpha value is -6.32. The molecule has 1 fully saturated rings. The van der Waals surface area contributed by atoms with E-state index >= 15 is 4.79 Å². The van der Waals surface area contributed by atoms with Crippen LogP contribution in [0.15, 0.2) is 133 Å². The number of rotatable bonds is 20. The first kappa shape index (κ1) is 46.2. The van der Waals surface area contributed by atoms with Gasteiger partial charge in [-0.1, -0.05) is 78.7 Å². The van der Waals surface area contributed by atoms with Gasteiger partial charge in [0.15, 0.2) is 0 Å². The molecular weight excluding hydrogens is 829 g/mol. The maximum absolute atomic E-state index is 15.5. The van der Waals surface area contributed by atoms with Gasteiger partial charge in [0.05, 0.1) is 35.6 Å². The monoisotopic (exact) mass is 888 g/mol. The Bertz CT molecular complexity index is 2600. The summed E-state index contributed by atoms with van der Waals surface area (Å²) in [5.41, 5.74) is 6.20. The summed E-state index contributed by atoms with van der Waals surface area (Å²) in [6.07, 6.45) is 8.90. The van der Waals surface area contributed by atoms with Gasteiger partial charge in [0, 0.05) is 48.9 Å². The van der Waals surface area contributed by atoms with Gasteiger partial charge < -0.3 is 34.2 Å². The fourth-order valence-electron chi connectivity index (χ4n) is 10.5. The number of benzene rings is 4. The molecule has 1 amide bonds. The lowest BCUT2D eigenvalue weighted by Gasteiger charge is -2.60. The Balaban J connectivity index is 1.35. The summed E-state index contributed by atoms with van der Waals surface area (Å²) in [5.74, 6) is -1.01. The van der Waals surface area contributed by atoms with Gasteiger partial charge in [-0.05, 0) is 128 Å². The highest BCUT2D eigenvalue weighted by atomic mass is 16.7. The molecule has 3 aliphatic rings. The third-order valence-corrected chi connectivity index (χ3v) is 13.4. The number of pyridine rings is 1. The van der Waals surface area contributed by atoms with Crippen molar-refractivity contribution in [1.82, 2.24) is 9.88 Å². The number of allylic oxidation sites excluding steroid dienone is 1. The Morgan fingerprint density at radius 2 is 1.76 bits per heavy atom. The van der Waals surface area contributed by atoms with Crippen LogP contribution in [-0.2, 0) is 22.7 Å². The van der Waals surface area contributed by atoms with Crippen molar-refractivity contribution in [2.24, 2.45) is 22.9 Å². The summed E-state index contributed by atoms with van der Waals surface area (Å²) >= 11 is 0. The molecule has 0 saturated heterocycles. The summed E-state index contributed by atoms with van der Waals surface area (Å²) in [6, 6.07) is 34.4. The number of aromatic nitrogens is 1. The topological polar surface area (TPSA) is 147 Å². The molecule has 2 N–H and O–H groups in total. The number of carbonyl (C=O) groups excluding carboxylic acids is 1. The molecule has 0 unspecified atom stereocenters. The van der Waals surface area contributed by atoms with E-state index in [1.807, 2.05) is 67.3 Å². The Labute approximate surface area is 388 Å². The van der Waals surface area contributed by atoms with Gasteiger partial charge in [-0.15, -0.1) is 6.58 Å². The van der Waals surface area contributed by atoms with E-state index in [4.69, 9.17) is 24.2 Å². The zero-order chi connectivity index (χ0) is 46.0. The summed E-state index contributed by atoms with van der Waals surface area (Å²) < 4.78 is 21.2. The van der Waals surface area contributed by atoms with E-state index in [0.29, 0.717) is 42.1 Å². The molecule has 11 nitrogen and oxygen atoms in total. The number of fused-ring (bicyclic) bond motifs is 3. The SMILES string of the molecule is C=CCO[C@@]12Oc3ccc(OCc4cccc(C)n4)cc3[C@H]3[C@H](CCCCO)[C@@H](CCCCO)C=C(C(=NOCC)C[C@@H]1N(Cc1cccc4ccccc14)C(=O)c1ccc(C#N)cc1)[C@H]32. The third-order valence-electron chi connectivity index (χ3n) is 13.4. The van der Waals surface area contributed by atoms with Crippen LogP contribution in [0.1, 0.15) is 96.2 Å². The molecule has 66 heavy (non-hydrogen) atoms. The van der Waals surface area contributed by atoms with Crippen LogP contribution in [0, 0.1) is 36.0 Å². The van der Waals surface area contributed by atoms with Crippen molar-refractivity contribution >= 4 is 22.4 Å². The van der Waals surface area contributed by atoms with Crippen LogP contribution >= 0.6 is 0 Å². The molecule has 6 atom stereocenters. The Morgan fingerprint density at radius 3 is 2.52 bits per heavy atom. The maximum Gasteiger partial charge on any atom is 0.254 e. The predicted octanol–water partition coefficient (Wildman–Crippen LogP) is 9.99. The number of amides is 1. The molecular formula is C55H60N4O7. The number of aliphatic hydroxyl groups is 2. The van der Waals surface area contributed by atoms with Crippen molar-refractivity contribution in [1.29, 1.82) is 5.26 Å². The number of aliphatic hydroxyl groups excluding tert-OH is 2. The van der Waals surface area contributed by atoms with Gasteiger partial charge in [0.1, 0.15) is 30.8 Å². The molecule has 2 aliphatic carbocycles. The number of hydrogen-bond acceptors (Lipinski definition) is 10. The summed E-state index contributed by atoms with van der Waals surface area (Å²) in [5, 5.41) is 36.7. The highest BCUT2D eigenvalue weighted by Gasteiger charge is 2.65. The average molecular weight is 889 g/mol. The average Bonchev–Trinajstić information content (AvgIpc) is 3.34. The molecule has 0 spiro atoms. The van der Waals surface area contributed by atoms with E-state index in [-0.39, 0.29) is 63.1 Å². The Kier molecular flexibility index (Phi) is 14.9. The number of carbonyl (C=O) groups is 1. The van der Waals surface area contributed by atoms with E-state index in [9.17, 15) is 15.5 Å². The highest BCUT2D eigenvalue weighted by molar-refractivity contribution is 6.03. The van der Waals surface area contributed by atoms with E-state index < -0.39 is 17.7 Å². The van der Waals surface area contributed by atoms with E-state index in [0.717, 1.165) is 70.3 Å². The number of nitriles is 1. The van der Waals surface area contributed by atoms with Gasteiger partial charge in [-0.3, -0.25) is 9.78 Å². The van der Waals surface area contributed by atoms with Crippen molar-refractivity contribution in [3.8, 4) is 17.6 Å². The fraction of sp³-hybridized carbons (Fsp3) is 0.382. The number of hydrogen-bond donors (Lipinski definition) is 2. The standard InChI is InChI=1S/C55H60N4O7/c1-4-30-64-55-51(59(54(62)40-24-22-38(34-56)23-25-40)35-42-18-13-17-39-15-6-7-20-45(39)42)33-49(58-65-5-2)47-31-41(16-8-10-28-60)46(21-9-11-29-61)52(53(47)55)48-32-44(26-27-50(48)66-55)63-36-43-19-12-14-37(3)57-43/h4,6-7,12-15,17-20,22-27,31-32,41,46,51-53,60-61H,1,5,8-11,16,21,28-30,33,35-36H2,2-3H3/t41-,46+,51-,52+,53+,55+/m0/s1. The molecule has 1 saturated carbocycles. The van der Waals surface area contributed by atoms with Gasteiger partial charge in [0.2, 0.25) is 5.79 Å². The second-order valence-corrected chi connectivity index (χ2v) is 17.5. The summed E-state index contributed by atoms with van der Waals surface area (Å²) in [6.45, 7) is 9.12. The van der Waals surface area contributed by atoms with Crippen molar-refractivity contribution in [3.63, 3.8) is 0 Å². The highest BCUT2D eigenvalue weighted by Crippen LogP contribution is 2.62. The first-order valence-corrected chi connectivity index (χ1v) is 23.4. The molecule has 5 aromatic rings. The first-order chi connectivity index (χ1) is 32.3. The number of nitrogens with zero attached hydrogens (tertiary/aromatic N) is 4. The number of aryl methyl sites for hydroxylation is 1. The minimum atomic E-state index is -1.46. The lowest BCUT2D eigenvalue weighted by molar-refractivity contribution is -0.255. The van der Waals surface area contributed by atoms with E-state index in [1.165, 1.54) is 0 Å². The normalized spacial score (nSPS) is 22.3. The predicted molar refractivity (Wildman–Crippen MR) is 255 cm³/mol. The van der Waals surface area contributed by atoms with Crippen LogP contribution in [0.25, 0.3) is 10.8 Å². The molecule has 2 heterocycles. The molecule has 1 aromatic heterocycles. The van der Waals surface area contributed by atoms with Crippen molar-refractivity contribution in [2.75, 3.05) is 26.4 Å². The lowest BCUT2D eigenvalue weighted by atomic mass is 9.55. The molecule has 0 radical (unpaired) electrons. The van der Waals surface area contributed by atoms with Crippen LogP contribution < -0.4 is 9.47 Å². The lowest BCUT2D eigenvalue weighted by Crippen LogP contribution is -2.70. The zero-order valence-corrected chi connectivity index (χ0v) is 38.0. The Morgan fingerprint density at radius 1 is 0.985 bits per heavy atom. The zero-order valence-electron chi connectivity index (χ0n) is 38.0. The molecule has 4 aromatic carbocycles. The first-order valence-electron chi connectivity index (χ1n) is 23.4. The van der Waals surface area contributed by atoms with Crippen LogP contribution in [-0.4, -0.2) is 70.0 Å². The number of oxime groups is 1.